The number of carbonyl (C=O) groups excluding carboxylic acids is 1. The van der Waals surface area contributed by atoms with Crippen LogP contribution in [0.4, 0.5) is 0 Å². The van der Waals surface area contributed by atoms with Gasteiger partial charge >= 0.3 is 0 Å². The first-order chi connectivity index (χ1) is 13.9. The summed E-state index contributed by atoms with van der Waals surface area (Å²) in [4.78, 5) is 38.8. The smallest absolute Gasteiger partial charge is 0.251 e. The number of hydrogen-bond donors (Lipinski definition) is 1. The minimum atomic E-state index is -0.253. The third-order valence-electron chi connectivity index (χ3n) is 5.60. The van der Waals surface area contributed by atoms with Crippen molar-refractivity contribution in [3.05, 3.63) is 63.6 Å². The van der Waals surface area contributed by atoms with Crippen LogP contribution in [0.5, 0.6) is 0 Å². The molecule has 1 atom stereocenters. The predicted molar refractivity (Wildman–Crippen MR) is 108 cm³/mol. The molecule has 3 aromatic rings. The van der Waals surface area contributed by atoms with E-state index >= 15 is 0 Å². The Kier molecular flexibility index (Phi) is 5.00. The number of nitrogens with one attached hydrogen (secondary N) is 1. The van der Waals surface area contributed by atoms with Gasteiger partial charge in [0.15, 0.2) is 0 Å². The molecular formula is C21H24N6O2. The van der Waals surface area contributed by atoms with E-state index in [1.165, 1.54) is 6.07 Å². The van der Waals surface area contributed by atoms with Crippen molar-refractivity contribution in [2.75, 3.05) is 6.54 Å². The second-order valence-corrected chi connectivity index (χ2v) is 7.43. The first-order valence-corrected chi connectivity index (χ1v) is 9.77. The minimum absolute atomic E-state index is 0.0241. The topological polar surface area (TPSA) is 96.8 Å². The Labute approximate surface area is 168 Å². The van der Waals surface area contributed by atoms with Crippen molar-refractivity contribution < 1.29 is 4.79 Å². The molecule has 1 unspecified atom stereocenters. The average molecular weight is 392 g/mol. The van der Waals surface area contributed by atoms with Gasteiger partial charge in [0.05, 0.1) is 23.1 Å². The van der Waals surface area contributed by atoms with Gasteiger partial charge in [-0.25, -0.2) is 4.98 Å². The monoisotopic (exact) mass is 392 g/mol. The van der Waals surface area contributed by atoms with Crippen LogP contribution in [0.2, 0.25) is 0 Å². The van der Waals surface area contributed by atoms with Crippen LogP contribution in [-0.2, 0) is 11.3 Å². The highest BCUT2D eigenvalue weighted by Crippen LogP contribution is 2.30. The Hall–Kier alpha value is -3.29. The van der Waals surface area contributed by atoms with Crippen molar-refractivity contribution in [2.24, 2.45) is 0 Å². The molecule has 8 nitrogen and oxygen atoms in total. The molecule has 1 aliphatic heterocycles. The lowest BCUT2D eigenvalue weighted by Gasteiger charge is -2.24. The number of H-pyrrole nitrogens is 1. The molecule has 1 amide bonds. The van der Waals surface area contributed by atoms with E-state index in [-0.39, 0.29) is 24.1 Å². The number of aromatic amines is 1. The molecule has 0 aliphatic carbocycles. The highest BCUT2D eigenvalue weighted by atomic mass is 16.2. The van der Waals surface area contributed by atoms with Crippen LogP contribution >= 0.6 is 0 Å². The van der Waals surface area contributed by atoms with Crippen LogP contribution in [0.15, 0.2) is 35.3 Å². The van der Waals surface area contributed by atoms with Gasteiger partial charge in [-0.2, -0.15) is 5.10 Å². The van der Waals surface area contributed by atoms with E-state index in [4.69, 9.17) is 0 Å². The predicted octanol–water partition coefficient (Wildman–Crippen LogP) is 2.32. The molecular weight excluding hydrogens is 368 g/mol. The van der Waals surface area contributed by atoms with Crippen LogP contribution in [0.25, 0.3) is 11.4 Å². The molecule has 0 radical (unpaired) electrons. The van der Waals surface area contributed by atoms with Crippen LogP contribution in [0, 0.1) is 20.8 Å². The molecule has 4 rings (SSSR count). The molecule has 0 spiro atoms. The first kappa shape index (κ1) is 19.0. The number of likely N-dealkylation sites (tertiary alicyclic amines) is 1. The summed E-state index contributed by atoms with van der Waals surface area (Å²) in [7, 11) is 0. The zero-order chi connectivity index (χ0) is 20.5. The van der Waals surface area contributed by atoms with Crippen molar-refractivity contribution in [2.45, 2.75) is 46.2 Å². The number of nitrogens with zero attached hydrogens (tertiary/aromatic N) is 5. The minimum Gasteiger partial charge on any atom is -0.331 e. The third-order valence-corrected chi connectivity index (χ3v) is 5.60. The van der Waals surface area contributed by atoms with Crippen molar-refractivity contribution in [1.82, 2.24) is 29.6 Å². The highest BCUT2D eigenvalue weighted by molar-refractivity contribution is 5.76. The first-order valence-electron chi connectivity index (χ1n) is 9.77. The molecule has 0 saturated carbocycles. The number of carbonyl (C=O) groups is 1. The summed E-state index contributed by atoms with van der Waals surface area (Å²) < 4.78 is 1.75. The standard InChI is InChI=1S/C21H24N6O2/c1-13-14(2)25-27(15(13)3)12-20(29)26-10-6-8-18(26)21-23-17(11-19(28)24-21)16-7-4-5-9-22-16/h4-5,7,9,11,18H,6,8,10,12H2,1-3H3,(H,23,24,28). The number of rotatable bonds is 4. The fourth-order valence-electron chi connectivity index (χ4n) is 3.79. The molecule has 1 fully saturated rings. The summed E-state index contributed by atoms with van der Waals surface area (Å²) in [5.41, 5.74) is 3.93. The van der Waals surface area contributed by atoms with E-state index in [1.54, 1.807) is 15.8 Å². The number of pyridine rings is 1. The summed E-state index contributed by atoms with van der Waals surface area (Å²) in [6.45, 7) is 6.74. The van der Waals surface area contributed by atoms with Gasteiger partial charge in [-0.15, -0.1) is 0 Å². The normalized spacial score (nSPS) is 16.4. The van der Waals surface area contributed by atoms with Crippen LogP contribution < -0.4 is 5.56 Å². The third kappa shape index (κ3) is 3.70. The zero-order valence-electron chi connectivity index (χ0n) is 16.8. The molecule has 8 heteroatoms. The summed E-state index contributed by atoms with van der Waals surface area (Å²) in [5.74, 6) is 0.484. The van der Waals surface area contributed by atoms with Crippen LogP contribution in [0.3, 0.4) is 0 Å². The fraction of sp³-hybridized carbons (Fsp3) is 0.381. The van der Waals surface area contributed by atoms with E-state index in [1.807, 2.05) is 39.0 Å². The second-order valence-electron chi connectivity index (χ2n) is 7.43. The Morgan fingerprint density at radius 3 is 2.76 bits per heavy atom. The van der Waals surface area contributed by atoms with Gasteiger partial charge in [0, 0.05) is 24.5 Å². The number of hydrogen-bond acceptors (Lipinski definition) is 5. The molecule has 150 valence electrons. The van der Waals surface area contributed by atoms with Gasteiger partial charge in [-0.3, -0.25) is 19.3 Å². The lowest BCUT2D eigenvalue weighted by molar-refractivity contribution is -0.133. The average Bonchev–Trinajstić information content (AvgIpc) is 3.30. The van der Waals surface area contributed by atoms with E-state index in [2.05, 4.69) is 20.1 Å². The quantitative estimate of drug-likeness (QED) is 0.735. The maximum atomic E-state index is 13.0. The zero-order valence-corrected chi connectivity index (χ0v) is 16.8. The summed E-state index contributed by atoms with van der Waals surface area (Å²) in [6.07, 6.45) is 3.29. The molecule has 1 N–H and O–H groups in total. The van der Waals surface area contributed by atoms with Crippen LogP contribution in [-0.4, -0.2) is 42.1 Å². The molecule has 1 saturated heterocycles. The number of amides is 1. The van der Waals surface area contributed by atoms with Crippen molar-refractivity contribution in [3.63, 3.8) is 0 Å². The number of aromatic nitrogens is 5. The Bertz CT molecular complexity index is 1100. The van der Waals surface area contributed by atoms with Crippen molar-refractivity contribution in [3.8, 4) is 11.4 Å². The van der Waals surface area contributed by atoms with Gasteiger partial charge in [0.2, 0.25) is 5.91 Å². The summed E-state index contributed by atoms with van der Waals surface area (Å²) in [5, 5.41) is 4.47. The fourth-order valence-corrected chi connectivity index (χ4v) is 3.79. The molecule has 3 aromatic heterocycles. The van der Waals surface area contributed by atoms with Crippen molar-refractivity contribution >= 4 is 5.91 Å². The van der Waals surface area contributed by atoms with Gasteiger partial charge in [0.1, 0.15) is 12.4 Å². The Morgan fingerprint density at radius 2 is 2.07 bits per heavy atom. The highest BCUT2D eigenvalue weighted by Gasteiger charge is 2.32. The lowest BCUT2D eigenvalue weighted by atomic mass is 10.2. The van der Waals surface area contributed by atoms with E-state index in [0.717, 1.165) is 29.8 Å². The van der Waals surface area contributed by atoms with Gasteiger partial charge in [-0.1, -0.05) is 6.07 Å². The van der Waals surface area contributed by atoms with E-state index < -0.39 is 0 Å². The van der Waals surface area contributed by atoms with Crippen molar-refractivity contribution in [1.29, 1.82) is 0 Å². The molecule has 0 bridgehead atoms. The van der Waals surface area contributed by atoms with Gasteiger partial charge < -0.3 is 9.88 Å². The summed E-state index contributed by atoms with van der Waals surface area (Å²) >= 11 is 0. The molecule has 1 aliphatic rings. The molecule has 4 heterocycles. The largest absolute Gasteiger partial charge is 0.331 e. The second kappa shape index (κ2) is 7.62. The maximum absolute atomic E-state index is 13.0. The van der Waals surface area contributed by atoms with E-state index in [0.29, 0.717) is 23.8 Å². The van der Waals surface area contributed by atoms with Gasteiger partial charge in [-0.05, 0) is 51.3 Å². The Morgan fingerprint density at radius 1 is 1.24 bits per heavy atom. The lowest BCUT2D eigenvalue weighted by Crippen LogP contribution is -2.35. The summed E-state index contributed by atoms with van der Waals surface area (Å²) in [6, 6.07) is 6.67. The maximum Gasteiger partial charge on any atom is 0.251 e. The molecule has 29 heavy (non-hydrogen) atoms. The van der Waals surface area contributed by atoms with Crippen LogP contribution in [0.1, 0.15) is 41.7 Å². The van der Waals surface area contributed by atoms with Gasteiger partial charge in [0.25, 0.3) is 5.56 Å². The number of aryl methyl sites for hydroxylation is 1. The Balaban J connectivity index is 1.61. The van der Waals surface area contributed by atoms with E-state index in [9.17, 15) is 9.59 Å². The molecule has 0 aromatic carbocycles. The SMILES string of the molecule is Cc1nn(CC(=O)N2CCCC2c2nc(-c3ccccn3)cc(=O)[nH]2)c(C)c1C.